The number of alkyl carbamates (subject to hydrolysis) is 1. The summed E-state index contributed by atoms with van der Waals surface area (Å²) in [4.78, 5) is 18.2. The van der Waals surface area contributed by atoms with Gasteiger partial charge >= 0.3 is 6.09 Å². The third-order valence-electron chi connectivity index (χ3n) is 3.71. The van der Waals surface area contributed by atoms with Crippen molar-refractivity contribution in [2.45, 2.75) is 52.1 Å². The van der Waals surface area contributed by atoms with E-state index in [1.165, 1.54) is 32.4 Å². The molecule has 0 aromatic carbocycles. The molecule has 1 aliphatic heterocycles. The van der Waals surface area contributed by atoms with E-state index in [9.17, 15) is 4.79 Å². The Bertz CT molecular complexity index is 393. The van der Waals surface area contributed by atoms with E-state index in [0.29, 0.717) is 6.54 Å². The summed E-state index contributed by atoms with van der Waals surface area (Å²) in [5.41, 5.74) is -0.456. The zero-order valence-corrected chi connectivity index (χ0v) is 18.5. The summed E-state index contributed by atoms with van der Waals surface area (Å²) in [7, 11) is 1.77. The molecule has 0 saturated carbocycles. The first-order chi connectivity index (χ1) is 11.4. The van der Waals surface area contributed by atoms with E-state index in [1.807, 2.05) is 20.8 Å². The molecule has 0 aliphatic carbocycles. The highest BCUT2D eigenvalue weighted by molar-refractivity contribution is 14.0. The van der Waals surface area contributed by atoms with Gasteiger partial charge in [-0.2, -0.15) is 0 Å². The number of ether oxygens (including phenoxy) is 1. The molecule has 0 aromatic heterocycles. The quantitative estimate of drug-likeness (QED) is 0.231. The normalized spacial score (nSPS) is 15.9. The molecule has 1 amide bonds. The Kier molecular flexibility index (Phi) is 13.0. The first-order valence-corrected chi connectivity index (χ1v) is 9.04. The lowest BCUT2D eigenvalue weighted by atomic mass is 10.1. The maximum atomic E-state index is 11.5. The fourth-order valence-electron chi connectivity index (χ4n) is 2.54. The molecule has 0 unspecified atom stereocenters. The number of hydrogen-bond donors (Lipinski definition) is 3. The van der Waals surface area contributed by atoms with Crippen LogP contribution in [0.3, 0.4) is 0 Å². The van der Waals surface area contributed by atoms with Crippen molar-refractivity contribution in [1.82, 2.24) is 20.9 Å². The van der Waals surface area contributed by atoms with E-state index in [4.69, 9.17) is 4.74 Å². The highest BCUT2D eigenvalue weighted by Crippen LogP contribution is 2.07. The van der Waals surface area contributed by atoms with E-state index in [-0.39, 0.29) is 30.1 Å². The molecular weight excluding hydrogens is 433 g/mol. The van der Waals surface area contributed by atoms with Gasteiger partial charge in [0.25, 0.3) is 0 Å². The number of rotatable bonds is 7. The number of guanidine groups is 1. The number of nitrogens with one attached hydrogen (secondary N) is 3. The molecule has 1 fully saturated rings. The van der Waals surface area contributed by atoms with Gasteiger partial charge in [0.15, 0.2) is 5.96 Å². The largest absolute Gasteiger partial charge is 0.444 e. The second kappa shape index (κ2) is 13.4. The lowest BCUT2D eigenvalue weighted by molar-refractivity contribution is 0.0527. The van der Waals surface area contributed by atoms with Crippen molar-refractivity contribution in [2.75, 3.05) is 46.3 Å². The van der Waals surface area contributed by atoms with Crippen LogP contribution in [-0.2, 0) is 4.74 Å². The summed E-state index contributed by atoms with van der Waals surface area (Å²) < 4.78 is 5.19. The Labute approximate surface area is 169 Å². The minimum Gasteiger partial charge on any atom is -0.444 e. The number of carbonyl (C=O) groups is 1. The Morgan fingerprint density at radius 1 is 1.04 bits per heavy atom. The summed E-state index contributed by atoms with van der Waals surface area (Å²) in [5, 5.41) is 9.34. The molecule has 1 rings (SSSR count). The summed E-state index contributed by atoms with van der Waals surface area (Å²) in [6.07, 6.45) is 4.44. The molecular formula is C17H36IN5O2. The number of likely N-dealkylation sites (tertiary alicyclic amines) is 1. The maximum Gasteiger partial charge on any atom is 0.407 e. The fraction of sp³-hybridized carbons (Fsp3) is 0.882. The number of carbonyl (C=O) groups excluding carboxylic acids is 1. The van der Waals surface area contributed by atoms with Crippen LogP contribution in [0, 0.1) is 0 Å². The van der Waals surface area contributed by atoms with Gasteiger partial charge in [0.1, 0.15) is 5.60 Å². The van der Waals surface area contributed by atoms with Gasteiger partial charge in [0.2, 0.25) is 0 Å². The minimum absolute atomic E-state index is 0. The van der Waals surface area contributed by atoms with Gasteiger partial charge in [-0.25, -0.2) is 4.79 Å². The van der Waals surface area contributed by atoms with Crippen molar-refractivity contribution in [3.63, 3.8) is 0 Å². The van der Waals surface area contributed by atoms with E-state index >= 15 is 0 Å². The lowest BCUT2D eigenvalue weighted by Gasteiger charge is -2.26. The van der Waals surface area contributed by atoms with Crippen LogP contribution in [0.1, 0.15) is 46.5 Å². The van der Waals surface area contributed by atoms with Gasteiger partial charge < -0.3 is 25.6 Å². The van der Waals surface area contributed by atoms with Crippen molar-refractivity contribution in [3.05, 3.63) is 0 Å². The first kappa shape index (κ1) is 24.2. The number of nitrogens with zero attached hydrogens (tertiary/aromatic N) is 2. The van der Waals surface area contributed by atoms with Crippen LogP contribution >= 0.6 is 24.0 Å². The van der Waals surface area contributed by atoms with Gasteiger partial charge in [-0.3, -0.25) is 4.99 Å². The topological polar surface area (TPSA) is 78.0 Å². The first-order valence-electron chi connectivity index (χ1n) is 9.04. The number of piperidine rings is 1. The summed E-state index contributed by atoms with van der Waals surface area (Å²) in [5.74, 6) is 0.810. The van der Waals surface area contributed by atoms with Crippen molar-refractivity contribution in [1.29, 1.82) is 0 Å². The predicted octanol–water partition coefficient (Wildman–Crippen LogP) is 2.17. The molecule has 0 aromatic rings. The molecule has 3 N–H and O–H groups in total. The van der Waals surface area contributed by atoms with Crippen molar-refractivity contribution >= 4 is 36.0 Å². The third-order valence-corrected chi connectivity index (χ3v) is 3.71. The third kappa shape index (κ3) is 13.1. The smallest absolute Gasteiger partial charge is 0.407 e. The number of aliphatic imine (C=N–C) groups is 1. The predicted molar refractivity (Wildman–Crippen MR) is 114 cm³/mol. The minimum atomic E-state index is -0.456. The van der Waals surface area contributed by atoms with Crippen molar-refractivity contribution < 1.29 is 9.53 Å². The Hall–Kier alpha value is -0.770. The lowest BCUT2D eigenvalue weighted by Crippen LogP contribution is -2.43. The molecule has 0 spiro atoms. The molecule has 8 heteroatoms. The average Bonchev–Trinajstić information content (AvgIpc) is 2.52. The van der Waals surface area contributed by atoms with E-state index < -0.39 is 5.60 Å². The molecule has 1 aliphatic rings. The van der Waals surface area contributed by atoms with E-state index in [2.05, 4.69) is 25.8 Å². The van der Waals surface area contributed by atoms with Crippen molar-refractivity contribution in [3.8, 4) is 0 Å². The van der Waals surface area contributed by atoms with Crippen LogP contribution in [0.2, 0.25) is 0 Å². The summed E-state index contributed by atoms with van der Waals surface area (Å²) >= 11 is 0. The zero-order valence-electron chi connectivity index (χ0n) is 16.2. The van der Waals surface area contributed by atoms with E-state index in [0.717, 1.165) is 32.0 Å². The standard InChI is InChI=1S/C17H35N5O2.HI/c1-17(2,3)24-16(23)21-10-8-9-19-15(18-4)20-11-14-22-12-6-5-7-13-22;/h5-14H2,1-4H3,(H,21,23)(H2,18,19,20);1H. The number of amides is 1. The number of halogens is 1. The summed E-state index contributed by atoms with van der Waals surface area (Å²) in [6, 6.07) is 0. The van der Waals surface area contributed by atoms with Crippen LogP contribution in [-0.4, -0.2) is 68.9 Å². The second-order valence-corrected chi connectivity index (χ2v) is 7.11. The molecule has 148 valence electrons. The second-order valence-electron chi connectivity index (χ2n) is 7.11. The van der Waals surface area contributed by atoms with Crippen LogP contribution in [0.25, 0.3) is 0 Å². The van der Waals surface area contributed by atoms with Gasteiger partial charge in [-0.1, -0.05) is 6.42 Å². The van der Waals surface area contributed by atoms with Gasteiger partial charge in [0.05, 0.1) is 0 Å². The van der Waals surface area contributed by atoms with Gasteiger partial charge in [0, 0.05) is 33.2 Å². The molecule has 0 bridgehead atoms. The summed E-state index contributed by atoms with van der Waals surface area (Å²) in [6.45, 7) is 11.3. The molecule has 0 radical (unpaired) electrons. The molecule has 0 atom stereocenters. The van der Waals surface area contributed by atoms with Crippen LogP contribution in [0.4, 0.5) is 4.79 Å². The fourth-order valence-corrected chi connectivity index (χ4v) is 2.54. The number of hydrogen-bond acceptors (Lipinski definition) is 4. The van der Waals surface area contributed by atoms with Crippen LogP contribution in [0.15, 0.2) is 4.99 Å². The monoisotopic (exact) mass is 469 g/mol. The Balaban J connectivity index is 0.00000576. The average molecular weight is 469 g/mol. The Morgan fingerprint density at radius 3 is 2.24 bits per heavy atom. The molecule has 7 nitrogen and oxygen atoms in total. The van der Waals surface area contributed by atoms with Gasteiger partial charge in [-0.05, 0) is 53.1 Å². The molecule has 1 heterocycles. The SMILES string of the molecule is CN=C(NCCCNC(=O)OC(C)(C)C)NCCN1CCCCC1.I. The maximum absolute atomic E-state index is 11.5. The van der Waals surface area contributed by atoms with Crippen molar-refractivity contribution in [2.24, 2.45) is 4.99 Å². The van der Waals surface area contributed by atoms with Crippen LogP contribution in [0.5, 0.6) is 0 Å². The van der Waals surface area contributed by atoms with Crippen LogP contribution < -0.4 is 16.0 Å². The molecule has 1 saturated heterocycles. The van der Waals surface area contributed by atoms with Gasteiger partial charge in [-0.15, -0.1) is 24.0 Å². The Morgan fingerprint density at radius 2 is 1.64 bits per heavy atom. The molecule has 25 heavy (non-hydrogen) atoms. The highest BCUT2D eigenvalue weighted by atomic mass is 127. The van der Waals surface area contributed by atoms with E-state index in [1.54, 1.807) is 7.05 Å². The highest BCUT2D eigenvalue weighted by Gasteiger charge is 2.15. The zero-order chi connectivity index (χ0) is 17.8.